The van der Waals surface area contributed by atoms with Gasteiger partial charge in [-0.3, -0.25) is 28.0 Å². The first kappa shape index (κ1) is 25.9. The first-order valence-corrected chi connectivity index (χ1v) is 11.6. The lowest BCUT2D eigenvalue weighted by atomic mass is 10.1. The van der Waals surface area contributed by atoms with E-state index < -0.39 is 29.0 Å². The fraction of sp³-hybridized carbons (Fsp3) is 0.375. The fourth-order valence-corrected chi connectivity index (χ4v) is 4.10. The summed E-state index contributed by atoms with van der Waals surface area (Å²) in [7, 11) is 0. The highest BCUT2D eigenvalue weighted by Crippen LogP contribution is 2.30. The largest absolute Gasteiger partial charge is 0.444 e. The third kappa shape index (κ3) is 5.06. The molecule has 0 aliphatic carbocycles. The number of hydrogen-bond acceptors (Lipinski definition) is 6. The van der Waals surface area contributed by atoms with Crippen LogP contribution in [0.4, 0.5) is 13.2 Å². The molecular weight excluding hydrogens is 493 g/mol. The third-order valence-electron chi connectivity index (χ3n) is 5.77. The molecule has 3 heterocycles. The number of benzene rings is 1. The van der Waals surface area contributed by atoms with Crippen LogP contribution in [0.5, 0.6) is 0 Å². The van der Waals surface area contributed by atoms with Crippen molar-refractivity contribution in [2.75, 3.05) is 0 Å². The van der Waals surface area contributed by atoms with Gasteiger partial charge in [0, 0.05) is 26.2 Å². The van der Waals surface area contributed by atoms with Crippen LogP contribution in [0.2, 0.25) is 0 Å². The number of aryl methyl sites for hydroxylation is 1. The van der Waals surface area contributed by atoms with E-state index in [4.69, 9.17) is 4.74 Å². The van der Waals surface area contributed by atoms with E-state index in [2.05, 4.69) is 10.1 Å². The Labute approximate surface area is 208 Å². The Kier molecular flexibility index (Phi) is 7.05. The average molecular weight is 518 g/mol. The van der Waals surface area contributed by atoms with Crippen molar-refractivity contribution < 1.29 is 22.7 Å². The van der Waals surface area contributed by atoms with Gasteiger partial charge in [-0.1, -0.05) is 19.1 Å². The van der Waals surface area contributed by atoms with Crippen LogP contribution in [0.3, 0.4) is 0 Å². The zero-order chi connectivity index (χ0) is 26.9. The Morgan fingerprint density at radius 3 is 2.51 bits per heavy atom. The summed E-state index contributed by atoms with van der Waals surface area (Å²) in [6.45, 7) is 4.99. The molecule has 196 valence electrons. The van der Waals surface area contributed by atoms with E-state index in [9.17, 15) is 27.6 Å². The highest BCUT2D eigenvalue weighted by atomic mass is 19.4. The smallest absolute Gasteiger partial charge is 0.416 e. The minimum atomic E-state index is -4.47. The molecule has 0 aliphatic rings. The lowest BCUT2D eigenvalue weighted by molar-refractivity contribution is -0.144. The molecule has 0 atom stereocenters. The number of carbonyl (C=O) groups is 1. The quantitative estimate of drug-likeness (QED) is 0.332. The Hall–Kier alpha value is -4.16. The van der Waals surface area contributed by atoms with Gasteiger partial charge < -0.3 is 4.74 Å². The molecular formula is C24H25F3N6O4. The standard InChI is InChI=1S/C24H25F3N6O4/c1-4-9-32-22(35)19-21(31(5-2)23(32)36)29-20(33(19)14-37-15(3)34)17-11-28-30(13-17)12-16-7-6-8-18(10-16)24(25,26)27/h6-8,10-11,13H,4-5,9,12,14H2,1-3H3. The summed E-state index contributed by atoms with van der Waals surface area (Å²) in [5, 5.41) is 4.24. The van der Waals surface area contributed by atoms with Crippen LogP contribution in [0, 0.1) is 0 Å². The molecule has 1 aromatic carbocycles. The second kappa shape index (κ2) is 10.1. The summed E-state index contributed by atoms with van der Waals surface area (Å²) in [6, 6.07) is 4.93. The number of esters is 1. The molecule has 0 aliphatic heterocycles. The van der Waals surface area contributed by atoms with Crippen molar-refractivity contribution in [3.05, 3.63) is 68.6 Å². The average Bonchev–Trinajstić information content (AvgIpc) is 3.45. The monoisotopic (exact) mass is 518 g/mol. The van der Waals surface area contributed by atoms with Gasteiger partial charge in [-0.15, -0.1) is 0 Å². The van der Waals surface area contributed by atoms with Crippen LogP contribution >= 0.6 is 0 Å². The summed E-state index contributed by atoms with van der Waals surface area (Å²) in [4.78, 5) is 42.4. The van der Waals surface area contributed by atoms with Gasteiger partial charge in [-0.05, 0) is 31.0 Å². The predicted molar refractivity (Wildman–Crippen MR) is 128 cm³/mol. The highest BCUT2D eigenvalue weighted by Gasteiger charge is 2.30. The molecule has 37 heavy (non-hydrogen) atoms. The maximum absolute atomic E-state index is 13.3. The zero-order valence-electron chi connectivity index (χ0n) is 20.4. The predicted octanol–water partition coefficient (Wildman–Crippen LogP) is 3.24. The van der Waals surface area contributed by atoms with Crippen molar-refractivity contribution in [3.8, 4) is 11.4 Å². The minimum absolute atomic E-state index is 0.0526. The maximum atomic E-state index is 13.3. The topological polar surface area (TPSA) is 106 Å². The number of alkyl halides is 3. The van der Waals surface area contributed by atoms with Gasteiger partial charge in [0.15, 0.2) is 17.9 Å². The van der Waals surface area contributed by atoms with Crippen LogP contribution in [-0.4, -0.2) is 34.4 Å². The first-order chi connectivity index (χ1) is 17.5. The van der Waals surface area contributed by atoms with Gasteiger partial charge in [0.25, 0.3) is 5.56 Å². The van der Waals surface area contributed by atoms with E-state index in [-0.39, 0.29) is 43.4 Å². The number of carbonyl (C=O) groups excluding carboxylic acids is 1. The number of halogens is 3. The number of rotatable bonds is 8. The molecule has 4 aromatic rings. The fourth-order valence-electron chi connectivity index (χ4n) is 4.10. The number of nitrogens with zero attached hydrogens (tertiary/aromatic N) is 6. The van der Waals surface area contributed by atoms with Gasteiger partial charge in [-0.2, -0.15) is 18.3 Å². The summed E-state index contributed by atoms with van der Waals surface area (Å²) in [6.07, 6.45) is -0.910. The Bertz CT molecular complexity index is 1580. The third-order valence-corrected chi connectivity index (χ3v) is 5.77. The number of hydrogen-bond donors (Lipinski definition) is 0. The lowest BCUT2D eigenvalue weighted by Gasteiger charge is -2.11. The van der Waals surface area contributed by atoms with Crippen molar-refractivity contribution in [3.63, 3.8) is 0 Å². The molecule has 0 N–H and O–H groups in total. The lowest BCUT2D eigenvalue weighted by Crippen LogP contribution is -2.40. The number of imidazole rings is 1. The van der Waals surface area contributed by atoms with Crippen LogP contribution in [0.25, 0.3) is 22.6 Å². The van der Waals surface area contributed by atoms with Crippen LogP contribution in [0.15, 0.2) is 46.2 Å². The van der Waals surface area contributed by atoms with Gasteiger partial charge in [0.2, 0.25) is 0 Å². The SMILES string of the molecule is CCCn1c(=O)c2c(nc(-c3cnn(Cc4cccc(C(F)(F)F)c4)c3)n2COC(C)=O)n(CC)c1=O. The number of fused-ring (bicyclic) bond motifs is 1. The molecule has 0 unspecified atom stereocenters. The van der Waals surface area contributed by atoms with E-state index >= 15 is 0 Å². The summed E-state index contributed by atoms with van der Waals surface area (Å²) in [5.74, 6) is -0.356. The van der Waals surface area contributed by atoms with Gasteiger partial charge >= 0.3 is 17.8 Å². The van der Waals surface area contributed by atoms with Crippen molar-refractivity contribution in [2.24, 2.45) is 0 Å². The molecule has 0 fully saturated rings. The van der Waals surface area contributed by atoms with E-state index in [1.165, 1.54) is 33.0 Å². The molecule has 4 rings (SSSR count). The molecule has 0 saturated heterocycles. The molecule has 0 radical (unpaired) electrons. The van der Waals surface area contributed by atoms with Crippen molar-refractivity contribution >= 4 is 17.1 Å². The van der Waals surface area contributed by atoms with Crippen molar-refractivity contribution in [2.45, 2.75) is 59.7 Å². The van der Waals surface area contributed by atoms with Crippen molar-refractivity contribution in [1.82, 2.24) is 28.5 Å². The van der Waals surface area contributed by atoms with E-state index in [0.717, 1.165) is 16.7 Å². The molecule has 10 nitrogen and oxygen atoms in total. The highest BCUT2D eigenvalue weighted by molar-refractivity contribution is 5.77. The Morgan fingerprint density at radius 2 is 1.86 bits per heavy atom. The zero-order valence-corrected chi connectivity index (χ0v) is 20.4. The summed E-state index contributed by atoms with van der Waals surface area (Å²) < 4.78 is 49.8. The molecule has 0 saturated carbocycles. The summed E-state index contributed by atoms with van der Waals surface area (Å²) >= 11 is 0. The molecule has 0 bridgehead atoms. The Balaban J connectivity index is 1.83. The second-order valence-electron chi connectivity index (χ2n) is 8.41. The first-order valence-electron chi connectivity index (χ1n) is 11.6. The minimum Gasteiger partial charge on any atom is -0.444 e. The molecule has 0 amide bonds. The molecule has 0 spiro atoms. The van der Waals surface area contributed by atoms with Gasteiger partial charge in [0.05, 0.1) is 23.9 Å². The number of ether oxygens (including phenoxy) is 1. The second-order valence-corrected chi connectivity index (χ2v) is 8.41. The van der Waals surface area contributed by atoms with Crippen LogP contribution in [-0.2, 0) is 42.1 Å². The normalized spacial score (nSPS) is 11.8. The van der Waals surface area contributed by atoms with Gasteiger partial charge in [-0.25, -0.2) is 9.78 Å². The van der Waals surface area contributed by atoms with E-state index in [0.29, 0.717) is 17.5 Å². The molecule has 13 heteroatoms. The summed E-state index contributed by atoms with van der Waals surface area (Å²) in [5.41, 5.74) is -0.775. The molecule has 3 aromatic heterocycles. The Morgan fingerprint density at radius 1 is 1.11 bits per heavy atom. The number of aromatic nitrogens is 6. The van der Waals surface area contributed by atoms with E-state index in [1.54, 1.807) is 19.2 Å². The van der Waals surface area contributed by atoms with Crippen LogP contribution in [0.1, 0.15) is 38.3 Å². The van der Waals surface area contributed by atoms with Gasteiger partial charge in [0.1, 0.15) is 5.82 Å². The van der Waals surface area contributed by atoms with E-state index in [1.807, 2.05) is 6.92 Å². The van der Waals surface area contributed by atoms with Crippen molar-refractivity contribution in [1.29, 1.82) is 0 Å². The van der Waals surface area contributed by atoms with Crippen LogP contribution < -0.4 is 11.2 Å². The maximum Gasteiger partial charge on any atom is 0.416 e.